The second-order valence-electron chi connectivity index (χ2n) is 3.22. The fraction of sp³-hybridized carbons (Fsp3) is 0.333. The molecule has 0 spiro atoms. The fourth-order valence-corrected chi connectivity index (χ4v) is 1.39. The summed E-state index contributed by atoms with van der Waals surface area (Å²) in [5.41, 5.74) is -0.738. The number of nitrogens with one attached hydrogen (secondary N) is 1. The third kappa shape index (κ3) is 1.81. The van der Waals surface area contributed by atoms with Crippen LogP contribution in [-0.4, -0.2) is 21.7 Å². The molecule has 0 saturated heterocycles. The smallest absolute Gasteiger partial charge is 0.271 e. The van der Waals surface area contributed by atoms with Crippen molar-refractivity contribution in [2.24, 2.45) is 0 Å². The van der Waals surface area contributed by atoms with Gasteiger partial charge in [0.25, 0.3) is 12.0 Å². The van der Waals surface area contributed by atoms with E-state index in [1.807, 2.05) is 0 Å². The molecular weight excluding hydrogens is 220 g/mol. The maximum absolute atomic E-state index is 12.4. The highest BCUT2D eigenvalue weighted by Crippen LogP contribution is 2.17. The van der Waals surface area contributed by atoms with Gasteiger partial charge in [0.1, 0.15) is 12.4 Å². The summed E-state index contributed by atoms with van der Waals surface area (Å²) in [6.07, 6.45) is -2.68. The van der Waals surface area contributed by atoms with E-state index in [0.29, 0.717) is 5.82 Å². The van der Waals surface area contributed by atoms with Crippen molar-refractivity contribution >= 4 is 5.65 Å². The summed E-state index contributed by atoms with van der Waals surface area (Å²) < 4.78 is 30.8. The second kappa shape index (κ2) is 4.01. The molecule has 7 heteroatoms. The number of aromatic amines is 1. The number of nitrogens with zero attached hydrogens (tertiary/aromatic N) is 2. The van der Waals surface area contributed by atoms with Crippen molar-refractivity contribution in [2.45, 2.75) is 13.0 Å². The molecule has 16 heavy (non-hydrogen) atoms. The van der Waals surface area contributed by atoms with Crippen LogP contribution in [0, 0.1) is 0 Å². The molecular formula is C9H9F2N3O2. The SMILES string of the molecule is COCc1nc2cc(C(F)F)cc(=O)n2[nH]1. The molecule has 2 heterocycles. The minimum atomic E-state index is -2.68. The number of methoxy groups -OCH3 is 1. The standard InChI is InChI=1S/C9H9F2N3O2/c1-16-4-6-12-7-2-5(9(10)11)3-8(15)14(7)13-6/h2-3,9H,4H2,1H3,(H,12,13). The number of pyridine rings is 1. The monoisotopic (exact) mass is 229 g/mol. The first-order valence-corrected chi connectivity index (χ1v) is 4.50. The van der Waals surface area contributed by atoms with Crippen LogP contribution in [0.15, 0.2) is 16.9 Å². The second-order valence-corrected chi connectivity index (χ2v) is 3.22. The van der Waals surface area contributed by atoms with Gasteiger partial charge in [-0.05, 0) is 6.07 Å². The number of hydrogen-bond donors (Lipinski definition) is 1. The van der Waals surface area contributed by atoms with E-state index in [1.54, 1.807) is 0 Å². The summed E-state index contributed by atoms with van der Waals surface area (Å²) in [6.45, 7) is 0.186. The molecule has 0 fully saturated rings. The van der Waals surface area contributed by atoms with Crippen LogP contribution in [0.2, 0.25) is 0 Å². The van der Waals surface area contributed by atoms with Gasteiger partial charge >= 0.3 is 0 Å². The molecule has 0 aliphatic heterocycles. The molecule has 0 unspecified atom stereocenters. The molecule has 2 aromatic heterocycles. The lowest BCUT2D eigenvalue weighted by Gasteiger charge is -1.97. The molecule has 0 aromatic carbocycles. The van der Waals surface area contributed by atoms with Crippen molar-refractivity contribution in [3.05, 3.63) is 33.9 Å². The molecule has 0 aliphatic rings. The van der Waals surface area contributed by atoms with E-state index in [4.69, 9.17) is 4.74 Å². The van der Waals surface area contributed by atoms with E-state index in [0.717, 1.165) is 10.6 Å². The zero-order valence-electron chi connectivity index (χ0n) is 8.41. The third-order valence-electron chi connectivity index (χ3n) is 2.06. The Labute approximate surface area is 88.7 Å². The molecule has 2 rings (SSSR count). The maximum Gasteiger partial charge on any atom is 0.271 e. The van der Waals surface area contributed by atoms with Crippen LogP contribution in [0.3, 0.4) is 0 Å². The minimum absolute atomic E-state index is 0.162. The summed E-state index contributed by atoms with van der Waals surface area (Å²) >= 11 is 0. The fourth-order valence-electron chi connectivity index (χ4n) is 1.39. The average Bonchev–Trinajstić information content (AvgIpc) is 2.61. The number of ether oxygens (including phenoxy) is 1. The summed E-state index contributed by atoms with van der Waals surface area (Å²) in [7, 11) is 1.47. The first-order chi connectivity index (χ1) is 7.61. The Bertz CT molecular complexity index is 561. The van der Waals surface area contributed by atoms with Gasteiger partial charge in [0.2, 0.25) is 0 Å². The molecule has 0 aliphatic carbocycles. The zero-order chi connectivity index (χ0) is 11.7. The normalized spacial score (nSPS) is 11.5. The van der Waals surface area contributed by atoms with Crippen LogP contribution >= 0.6 is 0 Å². The predicted molar refractivity (Wildman–Crippen MR) is 51.5 cm³/mol. The molecule has 86 valence electrons. The van der Waals surface area contributed by atoms with Gasteiger partial charge in [0, 0.05) is 18.7 Å². The first-order valence-electron chi connectivity index (χ1n) is 4.50. The van der Waals surface area contributed by atoms with Gasteiger partial charge < -0.3 is 4.74 Å². The van der Waals surface area contributed by atoms with Crippen molar-refractivity contribution < 1.29 is 13.5 Å². The summed E-state index contributed by atoms with van der Waals surface area (Å²) in [6, 6.07) is 2.05. The van der Waals surface area contributed by atoms with Gasteiger partial charge in [-0.15, -0.1) is 0 Å². The van der Waals surface area contributed by atoms with E-state index >= 15 is 0 Å². The molecule has 1 N–H and O–H groups in total. The van der Waals surface area contributed by atoms with Crippen LogP contribution in [0.25, 0.3) is 5.65 Å². The number of rotatable bonds is 3. The molecule has 2 aromatic rings. The number of aromatic nitrogens is 3. The largest absolute Gasteiger partial charge is 0.377 e. The number of alkyl halides is 2. The lowest BCUT2D eigenvalue weighted by molar-refractivity contribution is 0.151. The van der Waals surface area contributed by atoms with E-state index < -0.39 is 12.0 Å². The maximum atomic E-state index is 12.4. The van der Waals surface area contributed by atoms with Gasteiger partial charge in [-0.2, -0.15) is 0 Å². The number of halogens is 2. The third-order valence-corrected chi connectivity index (χ3v) is 2.06. The average molecular weight is 229 g/mol. The van der Waals surface area contributed by atoms with E-state index in [9.17, 15) is 13.6 Å². The van der Waals surface area contributed by atoms with Gasteiger partial charge in [0.15, 0.2) is 5.65 Å². The Morgan fingerprint density at radius 3 is 2.94 bits per heavy atom. The van der Waals surface area contributed by atoms with Crippen LogP contribution in [-0.2, 0) is 11.3 Å². The Morgan fingerprint density at radius 2 is 2.31 bits per heavy atom. The van der Waals surface area contributed by atoms with Gasteiger partial charge in [-0.3, -0.25) is 9.89 Å². The van der Waals surface area contributed by atoms with E-state index in [-0.39, 0.29) is 17.8 Å². The Kier molecular flexibility index (Phi) is 2.69. The highest BCUT2D eigenvalue weighted by Gasteiger charge is 2.12. The number of hydrogen-bond acceptors (Lipinski definition) is 3. The van der Waals surface area contributed by atoms with Gasteiger partial charge in [-0.1, -0.05) is 0 Å². The molecule has 0 bridgehead atoms. The highest BCUT2D eigenvalue weighted by molar-refractivity contribution is 5.40. The van der Waals surface area contributed by atoms with Crippen molar-refractivity contribution in [3.63, 3.8) is 0 Å². The lowest BCUT2D eigenvalue weighted by atomic mass is 10.3. The molecule has 0 amide bonds. The molecule has 0 saturated carbocycles. The summed E-state index contributed by atoms with van der Waals surface area (Å²) in [5, 5.41) is 2.65. The topological polar surface area (TPSA) is 59.4 Å². The summed E-state index contributed by atoms with van der Waals surface area (Å²) in [5.74, 6) is 0.408. The highest BCUT2D eigenvalue weighted by atomic mass is 19.3. The van der Waals surface area contributed by atoms with Crippen LogP contribution in [0.5, 0.6) is 0 Å². The first kappa shape index (κ1) is 10.7. The molecule has 5 nitrogen and oxygen atoms in total. The summed E-state index contributed by atoms with van der Waals surface area (Å²) in [4.78, 5) is 15.4. The Hall–Kier alpha value is -1.76. The van der Waals surface area contributed by atoms with Gasteiger partial charge in [-0.25, -0.2) is 18.3 Å². The number of fused-ring (bicyclic) bond motifs is 1. The van der Waals surface area contributed by atoms with E-state index in [2.05, 4.69) is 10.1 Å². The van der Waals surface area contributed by atoms with Crippen molar-refractivity contribution in [1.29, 1.82) is 0 Å². The van der Waals surface area contributed by atoms with Crippen molar-refractivity contribution in [1.82, 2.24) is 14.6 Å². The van der Waals surface area contributed by atoms with Crippen molar-refractivity contribution in [2.75, 3.05) is 7.11 Å². The zero-order valence-corrected chi connectivity index (χ0v) is 8.41. The lowest BCUT2D eigenvalue weighted by Crippen LogP contribution is -2.14. The van der Waals surface area contributed by atoms with Crippen LogP contribution in [0.1, 0.15) is 17.8 Å². The van der Waals surface area contributed by atoms with Crippen LogP contribution < -0.4 is 5.56 Å². The van der Waals surface area contributed by atoms with Gasteiger partial charge in [0.05, 0.1) is 0 Å². The quantitative estimate of drug-likeness (QED) is 0.857. The number of H-pyrrole nitrogens is 1. The van der Waals surface area contributed by atoms with Crippen molar-refractivity contribution in [3.8, 4) is 0 Å². The molecule has 0 radical (unpaired) electrons. The molecule has 0 atom stereocenters. The Balaban J connectivity index is 2.59. The minimum Gasteiger partial charge on any atom is -0.377 e. The van der Waals surface area contributed by atoms with E-state index in [1.165, 1.54) is 13.2 Å². The van der Waals surface area contributed by atoms with Crippen LogP contribution in [0.4, 0.5) is 8.78 Å². The predicted octanol–water partition coefficient (Wildman–Crippen LogP) is 1.11. The Morgan fingerprint density at radius 1 is 1.56 bits per heavy atom.